The minimum absolute atomic E-state index is 0.0268. The SMILES string of the molecule is CCc1cc(Nc2nccs2)c(S(C)(=O)=O)cc1C(=O)Cl. The van der Waals surface area contributed by atoms with Gasteiger partial charge in [0.2, 0.25) is 0 Å². The topological polar surface area (TPSA) is 76.1 Å². The van der Waals surface area contributed by atoms with Gasteiger partial charge in [-0.2, -0.15) is 0 Å². The minimum atomic E-state index is -3.51. The number of carbonyl (C=O) groups is 1. The van der Waals surface area contributed by atoms with Crippen LogP contribution in [0.25, 0.3) is 0 Å². The van der Waals surface area contributed by atoms with Crippen LogP contribution in [0, 0.1) is 0 Å². The van der Waals surface area contributed by atoms with Crippen molar-refractivity contribution in [3.63, 3.8) is 0 Å². The molecule has 0 saturated carbocycles. The molecule has 0 aliphatic heterocycles. The van der Waals surface area contributed by atoms with Crippen LogP contribution < -0.4 is 5.32 Å². The molecular formula is C13H13ClN2O3S2. The summed E-state index contributed by atoms with van der Waals surface area (Å²) in [4.78, 5) is 15.6. The van der Waals surface area contributed by atoms with Crippen molar-refractivity contribution in [2.24, 2.45) is 0 Å². The maximum absolute atomic E-state index is 11.9. The van der Waals surface area contributed by atoms with Gasteiger partial charge in [0.25, 0.3) is 5.24 Å². The standard InChI is InChI=1S/C13H13ClN2O3S2/c1-3-8-6-10(16-13-15-4-5-20-13)11(21(2,18)19)7-9(8)12(14)17/h4-7H,3H2,1-2H3,(H,15,16). The number of sulfone groups is 1. The molecule has 0 radical (unpaired) electrons. The molecule has 1 aromatic heterocycles. The third kappa shape index (κ3) is 3.61. The summed E-state index contributed by atoms with van der Waals surface area (Å²) in [6.45, 7) is 1.87. The van der Waals surface area contributed by atoms with Gasteiger partial charge in [0.05, 0.1) is 10.6 Å². The molecule has 0 saturated heterocycles. The first kappa shape index (κ1) is 15.9. The highest BCUT2D eigenvalue weighted by molar-refractivity contribution is 7.90. The van der Waals surface area contributed by atoms with E-state index in [-0.39, 0.29) is 10.5 Å². The Morgan fingerprint density at radius 3 is 2.62 bits per heavy atom. The van der Waals surface area contributed by atoms with Crippen LogP contribution in [0.3, 0.4) is 0 Å². The van der Waals surface area contributed by atoms with Crippen LogP contribution in [-0.4, -0.2) is 24.9 Å². The number of aromatic nitrogens is 1. The number of nitrogens with one attached hydrogen (secondary N) is 1. The number of hydrogen-bond acceptors (Lipinski definition) is 6. The number of nitrogens with zero attached hydrogens (tertiary/aromatic N) is 1. The monoisotopic (exact) mass is 344 g/mol. The Labute approximate surface area is 131 Å². The van der Waals surface area contributed by atoms with Crippen molar-refractivity contribution in [3.05, 3.63) is 34.8 Å². The Bertz CT molecular complexity index is 771. The molecule has 2 rings (SSSR count). The number of carbonyl (C=O) groups excluding carboxylic acids is 1. The van der Waals surface area contributed by atoms with Crippen LogP contribution in [0.2, 0.25) is 0 Å². The Balaban J connectivity index is 2.64. The van der Waals surface area contributed by atoms with E-state index in [0.717, 1.165) is 6.26 Å². The first-order valence-corrected chi connectivity index (χ1v) is 9.21. The zero-order valence-corrected chi connectivity index (χ0v) is 13.8. The molecule has 1 heterocycles. The first-order chi connectivity index (χ1) is 9.82. The molecule has 1 aromatic carbocycles. The third-order valence-corrected chi connectivity index (χ3v) is 4.90. The summed E-state index contributed by atoms with van der Waals surface area (Å²) in [5.74, 6) is 0. The van der Waals surface area contributed by atoms with Crippen LogP contribution in [0.1, 0.15) is 22.8 Å². The normalized spacial score (nSPS) is 11.4. The van der Waals surface area contributed by atoms with E-state index < -0.39 is 15.1 Å². The van der Waals surface area contributed by atoms with E-state index in [2.05, 4.69) is 10.3 Å². The van der Waals surface area contributed by atoms with E-state index in [1.54, 1.807) is 17.6 Å². The number of thiazole rings is 1. The van der Waals surface area contributed by atoms with Gasteiger partial charge in [0.1, 0.15) is 0 Å². The van der Waals surface area contributed by atoms with E-state index in [9.17, 15) is 13.2 Å². The van der Waals surface area contributed by atoms with Crippen molar-refractivity contribution in [2.45, 2.75) is 18.2 Å². The molecule has 112 valence electrons. The smallest absolute Gasteiger partial charge is 0.252 e. The molecule has 2 aromatic rings. The summed E-state index contributed by atoms with van der Waals surface area (Å²) in [7, 11) is -3.51. The van der Waals surface area contributed by atoms with Crippen molar-refractivity contribution in [3.8, 4) is 0 Å². The molecule has 0 aliphatic carbocycles. The van der Waals surface area contributed by atoms with Gasteiger partial charge in [-0.3, -0.25) is 4.79 Å². The number of hydrogen-bond donors (Lipinski definition) is 1. The predicted molar refractivity (Wildman–Crippen MR) is 84.5 cm³/mol. The highest BCUT2D eigenvalue weighted by atomic mass is 35.5. The Hall–Kier alpha value is -1.44. The molecule has 0 atom stereocenters. The first-order valence-electron chi connectivity index (χ1n) is 6.06. The maximum atomic E-state index is 11.9. The zero-order chi connectivity index (χ0) is 15.6. The lowest BCUT2D eigenvalue weighted by Gasteiger charge is -2.13. The average Bonchev–Trinajstić information content (AvgIpc) is 2.89. The van der Waals surface area contributed by atoms with Crippen molar-refractivity contribution in [1.82, 2.24) is 4.98 Å². The molecule has 1 N–H and O–H groups in total. The summed E-state index contributed by atoms with van der Waals surface area (Å²) >= 11 is 6.89. The van der Waals surface area contributed by atoms with E-state index >= 15 is 0 Å². The molecular weight excluding hydrogens is 332 g/mol. The van der Waals surface area contributed by atoms with Gasteiger partial charge in [-0.1, -0.05) is 6.92 Å². The van der Waals surface area contributed by atoms with E-state index in [1.165, 1.54) is 17.4 Å². The highest BCUT2D eigenvalue weighted by Gasteiger charge is 2.20. The van der Waals surface area contributed by atoms with E-state index in [4.69, 9.17) is 11.6 Å². The Kier molecular flexibility index (Phi) is 4.65. The predicted octanol–water partition coefficient (Wildman–Crippen LogP) is 3.23. The second kappa shape index (κ2) is 6.13. The molecule has 0 aliphatic rings. The molecule has 0 fully saturated rings. The van der Waals surface area contributed by atoms with Crippen LogP contribution in [0.15, 0.2) is 28.6 Å². The van der Waals surface area contributed by atoms with Gasteiger partial charge >= 0.3 is 0 Å². The van der Waals surface area contributed by atoms with Crippen molar-refractivity contribution < 1.29 is 13.2 Å². The fraction of sp³-hybridized carbons (Fsp3) is 0.231. The maximum Gasteiger partial charge on any atom is 0.252 e. The fourth-order valence-corrected chi connectivity index (χ4v) is 3.46. The van der Waals surface area contributed by atoms with Gasteiger partial charge in [0.15, 0.2) is 15.0 Å². The number of aryl methyl sites for hydroxylation is 1. The van der Waals surface area contributed by atoms with Crippen LogP contribution in [0.5, 0.6) is 0 Å². The van der Waals surface area contributed by atoms with Gasteiger partial charge < -0.3 is 5.32 Å². The van der Waals surface area contributed by atoms with Crippen molar-refractivity contribution >= 4 is 48.8 Å². The van der Waals surface area contributed by atoms with Gasteiger partial charge in [-0.15, -0.1) is 11.3 Å². The number of halogens is 1. The molecule has 0 unspecified atom stereocenters. The largest absolute Gasteiger partial charge is 0.330 e. The quantitative estimate of drug-likeness (QED) is 0.843. The fourth-order valence-electron chi connectivity index (χ4n) is 1.90. The van der Waals surface area contributed by atoms with Crippen LogP contribution in [0.4, 0.5) is 10.8 Å². The Morgan fingerprint density at radius 1 is 1.43 bits per heavy atom. The van der Waals surface area contributed by atoms with Gasteiger partial charge in [-0.05, 0) is 35.7 Å². The summed E-state index contributed by atoms with van der Waals surface area (Å²) in [5, 5.41) is 4.66. The van der Waals surface area contributed by atoms with E-state index in [0.29, 0.717) is 22.8 Å². The minimum Gasteiger partial charge on any atom is -0.330 e. The lowest BCUT2D eigenvalue weighted by atomic mass is 10.1. The number of rotatable bonds is 5. The molecule has 8 heteroatoms. The summed E-state index contributed by atoms with van der Waals surface area (Å²) in [6, 6.07) is 2.95. The molecule has 0 bridgehead atoms. The summed E-state index contributed by atoms with van der Waals surface area (Å²) < 4.78 is 23.9. The van der Waals surface area contributed by atoms with Gasteiger partial charge in [-0.25, -0.2) is 13.4 Å². The second-order valence-electron chi connectivity index (χ2n) is 4.37. The van der Waals surface area contributed by atoms with Crippen molar-refractivity contribution in [2.75, 3.05) is 11.6 Å². The number of benzene rings is 1. The van der Waals surface area contributed by atoms with Crippen LogP contribution >= 0.6 is 22.9 Å². The highest BCUT2D eigenvalue weighted by Crippen LogP contribution is 2.30. The zero-order valence-electron chi connectivity index (χ0n) is 11.4. The van der Waals surface area contributed by atoms with Crippen molar-refractivity contribution in [1.29, 1.82) is 0 Å². The van der Waals surface area contributed by atoms with Gasteiger partial charge in [0, 0.05) is 23.4 Å². The lowest BCUT2D eigenvalue weighted by Crippen LogP contribution is -2.07. The molecule has 21 heavy (non-hydrogen) atoms. The molecule has 0 amide bonds. The Morgan fingerprint density at radius 2 is 2.14 bits per heavy atom. The second-order valence-corrected chi connectivity index (χ2v) is 7.59. The lowest BCUT2D eigenvalue weighted by molar-refractivity contribution is 0.108. The summed E-state index contributed by atoms with van der Waals surface area (Å²) in [5.41, 5.74) is 1.29. The number of anilines is 2. The molecule has 0 spiro atoms. The molecule has 5 nitrogen and oxygen atoms in total. The van der Waals surface area contributed by atoms with Crippen LogP contribution in [-0.2, 0) is 16.3 Å². The van der Waals surface area contributed by atoms with E-state index in [1.807, 2.05) is 6.92 Å². The summed E-state index contributed by atoms with van der Waals surface area (Å²) in [6.07, 6.45) is 3.26. The third-order valence-electron chi connectivity index (χ3n) is 2.87. The average molecular weight is 345 g/mol.